The molecule has 1 amide bonds. The minimum atomic E-state index is -3.23. The molecule has 0 bridgehead atoms. The molecule has 0 radical (unpaired) electrons. The lowest BCUT2D eigenvalue weighted by atomic mass is 9.75. The van der Waals surface area contributed by atoms with E-state index in [1.165, 1.54) is 19.0 Å². The molecule has 0 spiro atoms. The van der Waals surface area contributed by atoms with Crippen molar-refractivity contribution < 1.29 is 56.8 Å². The number of pyridine rings is 1. The fraction of sp³-hybridized carbons (Fsp3) is 0.604. The summed E-state index contributed by atoms with van der Waals surface area (Å²) in [7, 11) is 5.06. The fourth-order valence-corrected chi connectivity index (χ4v) is 9.50. The Kier molecular flexibility index (Phi) is 16.2. The zero-order valence-corrected chi connectivity index (χ0v) is 39.5. The molecule has 3 saturated heterocycles. The number of carbonyl (C=O) groups is 5. The smallest absolute Gasteiger partial charge is 0.425 e. The summed E-state index contributed by atoms with van der Waals surface area (Å²) >= 11 is 0. The molecule has 66 heavy (non-hydrogen) atoms. The number of ether oxygens (including phenoxy) is 6. The van der Waals surface area contributed by atoms with Crippen LogP contribution in [0.4, 0.5) is 9.18 Å². The number of rotatable bonds is 13. The topological polar surface area (TPSA) is 190 Å². The molecule has 18 heteroatoms. The summed E-state index contributed by atoms with van der Waals surface area (Å²) < 4.78 is 56.1. The molecule has 3 aromatic rings. The highest BCUT2D eigenvalue weighted by atomic mass is 19.1. The monoisotopic (exact) mass is 920 g/mol. The summed E-state index contributed by atoms with van der Waals surface area (Å²) in [6.45, 7) is 11.6. The predicted octanol–water partition coefficient (Wildman–Crippen LogP) is 5.61. The Balaban J connectivity index is 1.30. The summed E-state index contributed by atoms with van der Waals surface area (Å²) in [6, 6.07) is 10.7. The number of imidazole rings is 1. The van der Waals surface area contributed by atoms with E-state index in [0.29, 0.717) is 24.9 Å². The van der Waals surface area contributed by atoms with Crippen LogP contribution in [-0.2, 0) is 49.3 Å². The van der Waals surface area contributed by atoms with Crippen molar-refractivity contribution >= 4 is 29.6 Å². The van der Waals surface area contributed by atoms with E-state index in [0.717, 1.165) is 18.2 Å². The number of aromatic nitrogens is 3. The number of methoxy groups -OCH3 is 1. The molecule has 3 aliphatic heterocycles. The highest BCUT2D eigenvalue weighted by Gasteiger charge is 2.57. The van der Waals surface area contributed by atoms with Crippen molar-refractivity contribution in [3.63, 3.8) is 0 Å². The van der Waals surface area contributed by atoms with Gasteiger partial charge in [-0.2, -0.15) is 0 Å². The van der Waals surface area contributed by atoms with E-state index in [1.807, 2.05) is 48.8 Å². The predicted molar refractivity (Wildman–Crippen MR) is 238 cm³/mol. The van der Waals surface area contributed by atoms with Crippen LogP contribution in [0.5, 0.6) is 0 Å². The van der Waals surface area contributed by atoms with Crippen LogP contribution in [0, 0.1) is 17.8 Å². The first-order valence-corrected chi connectivity index (χ1v) is 22.7. The third-order valence-corrected chi connectivity index (χ3v) is 13.3. The minimum Gasteiger partial charge on any atom is -0.456 e. The molecule has 2 aromatic heterocycles. The van der Waals surface area contributed by atoms with Crippen LogP contribution in [0.2, 0.25) is 0 Å². The molecule has 6 rings (SSSR count). The second-order valence-corrected chi connectivity index (χ2v) is 18.4. The molecule has 1 aromatic carbocycles. The third-order valence-electron chi connectivity index (χ3n) is 13.3. The molecule has 5 heterocycles. The minimum absolute atomic E-state index is 0.0565. The zero-order valence-electron chi connectivity index (χ0n) is 39.5. The highest BCUT2D eigenvalue weighted by molar-refractivity contribution is 6.08. The lowest BCUT2D eigenvalue weighted by molar-refractivity contribution is -0.294. The number of alkyl halides is 1. The first-order chi connectivity index (χ1) is 31.3. The Labute approximate surface area is 385 Å². The van der Waals surface area contributed by atoms with Gasteiger partial charge in [0.1, 0.15) is 17.9 Å². The highest BCUT2D eigenvalue weighted by Crippen LogP contribution is 2.40. The normalized spacial score (nSPS) is 33.5. The molecular weight excluding hydrogens is 856 g/mol. The van der Waals surface area contributed by atoms with E-state index >= 15 is 4.39 Å². The van der Waals surface area contributed by atoms with Crippen molar-refractivity contribution in [1.29, 1.82) is 0 Å². The SMILES string of the molecule is CC[C@H]1OC(=O)[C@@](C)(F)C(=O)[C@H](C)[C@@H](OC2O[C@H](C)C[C@H](N(C)C)[C@H]2OC(=O)c2ccccc2)[C@](C)(OC)C[C@@H](C)C(=O)[C@H](C)[C@@H]2C1OC(=O)N2NCCCn1cnc(-c2cccnc2)c1. The standard InChI is InChI=1S/C48H65FN6O11/c1-11-36-40-37(55(46(60)65-40)52-21-16-22-54-26-34(51-27-54)33-19-15-20-50-25-33)30(4)38(56)28(2)24-47(6,61-10)42(31(5)41(57)48(7,49)45(59)63-36)66-44-39(35(53(8)9)23-29(3)62-44)64-43(58)32-17-13-12-14-18-32/h12-15,17-20,25-31,35-37,39-40,42,44,52H,11,16,21-24H2,1-10H3/t28-,29-,30-,31+,35+,36-,37-,39-,40?,42-,44?,47-,48+/m1/s1. The average molecular weight is 921 g/mol. The molecule has 0 saturated carbocycles. The lowest BCUT2D eigenvalue weighted by Gasteiger charge is -2.47. The number of fused-ring (bicyclic) bond motifs is 1. The summed E-state index contributed by atoms with van der Waals surface area (Å²) in [5, 5.41) is 1.25. The maximum absolute atomic E-state index is 17.1. The number of cyclic esters (lactones) is 1. The Bertz CT molecular complexity index is 2160. The molecule has 17 nitrogen and oxygen atoms in total. The van der Waals surface area contributed by atoms with Crippen LogP contribution >= 0.6 is 0 Å². The number of hydrazine groups is 1. The van der Waals surface area contributed by atoms with E-state index in [9.17, 15) is 24.0 Å². The quantitative estimate of drug-likeness (QED) is 0.0963. The van der Waals surface area contributed by atoms with E-state index < -0.39 is 102 Å². The summed E-state index contributed by atoms with van der Waals surface area (Å²) in [6.07, 6.45) is 0.595. The van der Waals surface area contributed by atoms with Crippen molar-refractivity contribution in [3.05, 3.63) is 72.9 Å². The number of hydrogen-bond donors (Lipinski definition) is 1. The Morgan fingerprint density at radius 2 is 1.74 bits per heavy atom. The number of amides is 1. The zero-order chi connectivity index (χ0) is 48.1. The number of likely N-dealkylation sites (N-methyl/N-ethyl adjacent to an activating group) is 1. The van der Waals surface area contributed by atoms with Crippen LogP contribution in [0.25, 0.3) is 11.3 Å². The van der Waals surface area contributed by atoms with Crippen LogP contribution in [0.3, 0.4) is 0 Å². The Hall–Kier alpha value is -5.14. The van der Waals surface area contributed by atoms with Crippen molar-refractivity contribution in [3.8, 4) is 11.3 Å². The van der Waals surface area contributed by atoms with E-state index in [1.54, 1.807) is 76.7 Å². The summed E-state index contributed by atoms with van der Waals surface area (Å²) in [4.78, 5) is 81.1. The molecule has 3 fully saturated rings. The lowest BCUT2D eigenvalue weighted by Crippen LogP contribution is -2.61. The maximum Gasteiger partial charge on any atom is 0.425 e. The number of nitrogens with one attached hydrogen (secondary N) is 1. The van der Waals surface area contributed by atoms with Crippen LogP contribution in [0.1, 0.15) is 84.5 Å². The molecule has 2 unspecified atom stereocenters. The van der Waals surface area contributed by atoms with Gasteiger partial charge in [0, 0.05) is 62.1 Å². The second kappa shape index (κ2) is 21.2. The van der Waals surface area contributed by atoms with Gasteiger partial charge in [-0.3, -0.25) is 14.6 Å². The van der Waals surface area contributed by atoms with Crippen molar-refractivity contribution in [1.82, 2.24) is 29.9 Å². The van der Waals surface area contributed by atoms with Gasteiger partial charge in [-0.1, -0.05) is 45.9 Å². The van der Waals surface area contributed by atoms with Gasteiger partial charge < -0.3 is 37.9 Å². The number of esters is 2. The van der Waals surface area contributed by atoms with Crippen LogP contribution in [0.15, 0.2) is 67.4 Å². The van der Waals surface area contributed by atoms with Gasteiger partial charge in [0.05, 0.1) is 41.4 Å². The molecule has 13 atom stereocenters. The van der Waals surface area contributed by atoms with Gasteiger partial charge in [-0.15, -0.1) is 0 Å². The van der Waals surface area contributed by atoms with Crippen LogP contribution in [-0.4, -0.2) is 142 Å². The van der Waals surface area contributed by atoms with E-state index in [4.69, 9.17) is 28.4 Å². The first kappa shape index (κ1) is 50.3. The van der Waals surface area contributed by atoms with Gasteiger partial charge >= 0.3 is 18.0 Å². The molecule has 1 N–H and O–H groups in total. The van der Waals surface area contributed by atoms with Crippen molar-refractivity contribution in [2.45, 2.75) is 141 Å². The first-order valence-electron chi connectivity index (χ1n) is 22.7. The van der Waals surface area contributed by atoms with Gasteiger partial charge in [-0.05, 0) is 84.8 Å². The van der Waals surface area contributed by atoms with E-state index in [2.05, 4.69) is 15.4 Å². The summed E-state index contributed by atoms with van der Waals surface area (Å²) in [5.74, 6) is -6.74. The second-order valence-electron chi connectivity index (χ2n) is 18.4. The van der Waals surface area contributed by atoms with Gasteiger partial charge in [-0.25, -0.2) is 34.2 Å². The number of benzene rings is 1. The number of carbonyl (C=O) groups excluding carboxylic acids is 5. The number of aryl methyl sites for hydroxylation is 1. The van der Waals surface area contributed by atoms with Crippen molar-refractivity contribution in [2.75, 3.05) is 27.7 Å². The van der Waals surface area contributed by atoms with Gasteiger partial charge in [0.25, 0.3) is 5.67 Å². The molecule has 3 aliphatic rings. The van der Waals surface area contributed by atoms with Gasteiger partial charge in [0.2, 0.25) is 0 Å². The van der Waals surface area contributed by atoms with E-state index in [-0.39, 0.29) is 25.2 Å². The Morgan fingerprint density at radius 1 is 1.02 bits per heavy atom. The maximum atomic E-state index is 17.1. The molecule has 0 aliphatic carbocycles. The fourth-order valence-electron chi connectivity index (χ4n) is 9.50. The Morgan fingerprint density at radius 3 is 2.39 bits per heavy atom. The number of nitrogens with zero attached hydrogens (tertiary/aromatic N) is 5. The van der Waals surface area contributed by atoms with Crippen LogP contribution < -0.4 is 5.43 Å². The number of Topliss-reactive ketones (excluding diaryl/α,β-unsaturated/α-hetero) is 2. The number of halogens is 1. The average Bonchev–Trinajstić information content (AvgIpc) is 3.92. The van der Waals surface area contributed by atoms with Gasteiger partial charge in [0.15, 0.2) is 24.3 Å². The summed E-state index contributed by atoms with van der Waals surface area (Å²) in [5.41, 5.74) is 0.307. The number of ketones is 2. The largest absolute Gasteiger partial charge is 0.456 e. The molecular formula is C48H65FN6O11. The molecule has 360 valence electrons. The third kappa shape index (κ3) is 10.8. The van der Waals surface area contributed by atoms with Crippen molar-refractivity contribution in [2.24, 2.45) is 17.8 Å². The number of hydrogen-bond acceptors (Lipinski definition) is 15.